The fraction of sp³-hybridized carbons (Fsp3) is 0.333. The van der Waals surface area contributed by atoms with Crippen molar-refractivity contribution >= 4 is 51.4 Å². The molecule has 1 aromatic carbocycles. The van der Waals surface area contributed by atoms with Crippen LogP contribution in [-0.2, 0) is 19.4 Å². The Bertz CT molecular complexity index is 1130. The normalized spacial score (nSPS) is 12.8. The number of amides is 2. The van der Waals surface area contributed by atoms with Crippen LogP contribution in [0.25, 0.3) is 0 Å². The third-order valence-electron chi connectivity index (χ3n) is 5.34. The van der Waals surface area contributed by atoms with Gasteiger partial charge in [-0.3, -0.25) is 9.59 Å². The molecule has 33 heavy (non-hydrogen) atoms. The molecule has 9 heteroatoms. The zero-order valence-electron chi connectivity index (χ0n) is 18.1. The lowest BCUT2D eigenvalue weighted by atomic mass is 9.95. The summed E-state index contributed by atoms with van der Waals surface area (Å²) in [5.41, 5.74) is 1.83. The number of carbonyl (C=O) groups excluding carboxylic acids is 2. The van der Waals surface area contributed by atoms with Gasteiger partial charge >= 0.3 is 0 Å². The van der Waals surface area contributed by atoms with Gasteiger partial charge in [0, 0.05) is 10.4 Å². The summed E-state index contributed by atoms with van der Waals surface area (Å²) in [6.45, 7) is 2.73. The summed E-state index contributed by atoms with van der Waals surface area (Å²) in [4.78, 5) is 27.3. The van der Waals surface area contributed by atoms with Crippen LogP contribution >= 0.6 is 34.5 Å². The lowest BCUT2D eigenvalue weighted by Crippen LogP contribution is -2.25. The van der Waals surface area contributed by atoms with Crippen molar-refractivity contribution in [3.8, 4) is 5.75 Å². The Kier molecular flexibility index (Phi) is 7.63. The zero-order valence-corrected chi connectivity index (χ0v) is 20.5. The number of benzene rings is 1. The number of fused-ring (bicyclic) bond motifs is 1. The van der Waals surface area contributed by atoms with Gasteiger partial charge in [0.15, 0.2) is 5.75 Å². The quantitative estimate of drug-likeness (QED) is 0.365. The highest BCUT2D eigenvalue weighted by Crippen LogP contribution is 2.39. The fourth-order valence-corrected chi connectivity index (χ4v) is 5.65. The van der Waals surface area contributed by atoms with Crippen molar-refractivity contribution in [3.63, 3.8) is 0 Å². The van der Waals surface area contributed by atoms with Crippen molar-refractivity contribution in [1.29, 1.82) is 0 Å². The molecule has 0 spiro atoms. The smallest absolute Gasteiger partial charge is 0.256 e. The van der Waals surface area contributed by atoms with Crippen LogP contribution in [0.15, 0.2) is 34.9 Å². The van der Waals surface area contributed by atoms with Gasteiger partial charge in [-0.1, -0.05) is 30.1 Å². The summed E-state index contributed by atoms with van der Waals surface area (Å²) in [5, 5.41) is 6.88. The first-order valence-electron chi connectivity index (χ1n) is 10.9. The van der Waals surface area contributed by atoms with Crippen LogP contribution in [0.3, 0.4) is 0 Å². The Morgan fingerprint density at radius 3 is 2.61 bits per heavy atom. The van der Waals surface area contributed by atoms with E-state index in [1.165, 1.54) is 23.5 Å². The molecular formula is C24H24Cl2N2O4S. The Labute approximate surface area is 206 Å². The van der Waals surface area contributed by atoms with E-state index in [0.717, 1.165) is 42.5 Å². The third kappa shape index (κ3) is 5.37. The van der Waals surface area contributed by atoms with Gasteiger partial charge < -0.3 is 19.8 Å². The molecule has 6 nitrogen and oxygen atoms in total. The molecule has 0 unspecified atom stereocenters. The predicted octanol–water partition coefficient (Wildman–Crippen LogP) is 6.50. The van der Waals surface area contributed by atoms with Gasteiger partial charge in [0.05, 0.1) is 35.0 Å². The number of hydrogen-bond donors (Lipinski definition) is 2. The summed E-state index contributed by atoms with van der Waals surface area (Å²) in [6.07, 6.45) is 6.16. The van der Waals surface area contributed by atoms with Crippen molar-refractivity contribution in [1.82, 2.24) is 5.32 Å². The molecular weight excluding hydrogens is 483 g/mol. The van der Waals surface area contributed by atoms with E-state index in [4.69, 9.17) is 32.4 Å². The molecule has 1 aliphatic carbocycles. The highest BCUT2D eigenvalue weighted by atomic mass is 35.5. The van der Waals surface area contributed by atoms with Crippen LogP contribution in [0.4, 0.5) is 5.00 Å². The maximum Gasteiger partial charge on any atom is 0.256 e. The van der Waals surface area contributed by atoms with Gasteiger partial charge in [-0.2, -0.15) is 0 Å². The number of furan rings is 1. The monoisotopic (exact) mass is 506 g/mol. The largest absolute Gasteiger partial charge is 0.490 e. The summed E-state index contributed by atoms with van der Waals surface area (Å²) in [5.74, 6) is 0.397. The minimum absolute atomic E-state index is 0.236. The standard InChI is InChI=1S/C24H24Cl2N2O4S/c1-2-9-32-21-17(25)11-14(12-18(21)26)22(29)28-24-20(16-7-3-4-8-19(16)33-24)23(30)27-13-15-6-5-10-31-15/h5-6,10-12H,2-4,7-9,13H2,1H3,(H,27,30)(H,28,29). The number of hydrogen-bond acceptors (Lipinski definition) is 5. The molecule has 0 saturated heterocycles. The Balaban J connectivity index is 1.58. The van der Waals surface area contributed by atoms with Gasteiger partial charge in [0.25, 0.3) is 11.8 Å². The number of halogens is 2. The molecule has 2 amide bonds. The van der Waals surface area contributed by atoms with Gasteiger partial charge in [0.1, 0.15) is 10.8 Å². The molecule has 2 N–H and O–H groups in total. The van der Waals surface area contributed by atoms with Crippen molar-refractivity contribution in [2.24, 2.45) is 0 Å². The Morgan fingerprint density at radius 2 is 1.91 bits per heavy atom. The predicted molar refractivity (Wildman–Crippen MR) is 131 cm³/mol. The highest BCUT2D eigenvalue weighted by molar-refractivity contribution is 7.17. The maximum atomic E-state index is 13.1. The number of ether oxygens (including phenoxy) is 1. The first-order chi connectivity index (χ1) is 16.0. The van der Waals surface area contributed by atoms with Gasteiger partial charge in [-0.15, -0.1) is 11.3 Å². The van der Waals surface area contributed by atoms with Crippen molar-refractivity contribution < 1.29 is 18.7 Å². The third-order valence-corrected chi connectivity index (χ3v) is 7.11. The second kappa shape index (κ2) is 10.6. The van der Waals surface area contributed by atoms with Crippen LogP contribution < -0.4 is 15.4 Å². The number of carbonyl (C=O) groups is 2. The molecule has 2 aromatic heterocycles. The summed E-state index contributed by atoms with van der Waals surface area (Å²) in [7, 11) is 0. The number of aryl methyl sites for hydroxylation is 1. The highest BCUT2D eigenvalue weighted by Gasteiger charge is 2.27. The average Bonchev–Trinajstić information content (AvgIpc) is 3.44. The van der Waals surface area contributed by atoms with Gasteiger partial charge in [-0.05, 0) is 61.9 Å². The second-order valence-electron chi connectivity index (χ2n) is 7.75. The van der Waals surface area contributed by atoms with Crippen molar-refractivity contribution in [2.45, 2.75) is 45.6 Å². The first-order valence-corrected chi connectivity index (χ1v) is 12.4. The van der Waals surface area contributed by atoms with Crippen LogP contribution in [0, 0.1) is 0 Å². The zero-order chi connectivity index (χ0) is 23.4. The summed E-state index contributed by atoms with van der Waals surface area (Å²) in [6, 6.07) is 6.62. The molecule has 0 radical (unpaired) electrons. The molecule has 0 atom stereocenters. The Hall–Kier alpha value is -2.48. The molecule has 2 heterocycles. The van der Waals surface area contributed by atoms with Crippen molar-refractivity contribution in [3.05, 3.63) is 67.9 Å². The maximum absolute atomic E-state index is 13.1. The lowest BCUT2D eigenvalue weighted by Gasteiger charge is -2.13. The lowest BCUT2D eigenvalue weighted by molar-refractivity contribution is 0.0948. The number of thiophene rings is 1. The molecule has 0 fully saturated rings. The van der Waals surface area contributed by atoms with Gasteiger partial charge in [0.2, 0.25) is 0 Å². The molecule has 0 bridgehead atoms. The Morgan fingerprint density at radius 1 is 1.15 bits per heavy atom. The van der Waals surface area contributed by atoms with E-state index in [-0.39, 0.29) is 28.4 Å². The minimum atomic E-state index is -0.389. The van der Waals surface area contributed by atoms with E-state index >= 15 is 0 Å². The molecule has 0 aliphatic heterocycles. The van der Waals surface area contributed by atoms with Crippen molar-refractivity contribution in [2.75, 3.05) is 11.9 Å². The van der Waals surface area contributed by atoms with E-state index in [9.17, 15) is 9.59 Å². The number of anilines is 1. The van der Waals surface area contributed by atoms with E-state index in [2.05, 4.69) is 10.6 Å². The first kappa shape index (κ1) is 23.7. The van der Waals surface area contributed by atoms with E-state index in [1.54, 1.807) is 18.4 Å². The minimum Gasteiger partial charge on any atom is -0.490 e. The van der Waals surface area contributed by atoms with Crippen LogP contribution in [0.2, 0.25) is 10.0 Å². The van der Waals surface area contributed by atoms with Crippen LogP contribution in [-0.4, -0.2) is 18.4 Å². The fourth-order valence-electron chi connectivity index (χ4n) is 3.77. The SMILES string of the molecule is CCCOc1c(Cl)cc(C(=O)Nc2sc3c(c2C(=O)NCc2ccco2)CCCC3)cc1Cl. The van der Waals surface area contributed by atoms with E-state index in [1.807, 2.05) is 6.92 Å². The summed E-state index contributed by atoms with van der Waals surface area (Å²) >= 11 is 14.1. The van der Waals surface area contributed by atoms with E-state index in [0.29, 0.717) is 34.2 Å². The molecule has 3 aromatic rings. The molecule has 4 rings (SSSR count). The number of rotatable bonds is 8. The molecule has 0 saturated carbocycles. The van der Waals surface area contributed by atoms with Crippen LogP contribution in [0.1, 0.15) is 63.1 Å². The topological polar surface area (TPSA) is 80.6 Å². The van der Waals surface area contributed by atoms with E-state index < -0.39 is 0 Å². The summed E-state index contributed by atoms with van der Waals surface area (Å²) < 4.78 is 10.9. The van der Waals surface area contributed by atoms with Gasteiger partial charge in [-0.25, -0.2) is 0 Å². The van der Waals surface area contributed by atoms with Crippen LogP contribution in [0.5, 0.6) is 5.75 Å². The number of nitrogens with one attached hydrogen (secondary N) is 2. The average molecular weight is 507 g/mol. The molecule has 1 aliphatic rings. The molecule has 174 valence electrons. The second-order valence-corrected chi connectivity index (χ2v) is 9.67.